The number of anilines is 1. The maximum Gasteiger partial charge on any atom is 0.243 e. The molecule has 114 valence electrons. The summed E-state index contributed by atoms with van der Waals surface area (Å²) in [5.41, 5.74) is 3.06. The molecule has 3 aromatic rings. The third kappa shape index (κ3) is 2.81. The van der Waals surface area contributed by atoms with E-state index in [-0.39, 0.29) is 11.9 Å². The highest BCUT2D eigenvalue weighted by Gasteiger charge is 2.24. The molecule has 0 bridgehead atoms. The van der Waals surface area contributed by atoms with Gasteiger partial charge in [0.1, 0.15) is 5.82 Å². The fraction of sp³-hybridized carbons (Fsp3) is 0.158. The lowest BCUT2D eigenvalue weighted by atomic mass is 10.1. The Morgan fingerprint density at radius 2 is 1.83 bits per heavy atom. The summed E-state index contributed by atoms with van der Waals surface area (Å²) < 4.78 is 0. The van der Waals surface area contributed by atoms with Gasteiger partial charge in [-0.2, -0.15) is 0 Å². The summed E-state index contributed by atoms with van der Waals surface area (Å²) >= 11 is 0. The van der Waals surface area contributed by atoms with Crippen LogP contribution in [0.15, 0.2) is 60.7 Å². The lowest BCUT2D eigenvalue weighted by Crippen LogP contribution is -2.39. The Kier molecular flexibility index (Phi) is 3.52. The van der Waals surface area contributed by atoms with Crippen LogP contribution in [0.3, 0.4) is 0 Å². The van der Waals surface area contributed by atoms with Crippen LogP contribution in [0.25, 0.3) is 10.9 Å². The van der Waals surface area contributed by atoms with Gasteiger partial charge in [0.2, 0.25) is 5.91 Å². The fourth-order valence-corrected chi connectivity index (χ4v) is 2.95. The Labute approximate surface area is 134 Å². The molecule has 1 aromatic heterocycles. The van der Waals surface area contributed by atoms with E-state index in [1.165, 1.54) is 0 Å². The van der Waals surface area contributed by atoms with E-state index in [9.17, 15) is 4.79 Å². The second-order valence-corrected chi connectivity index (χ2v) is 5.80. The summed E-state index contributed by atoms with van der Waals surface area (Å²) in [6.45, 7) is 0.628. The van der Waals surface area contributed by atoms with Crippen LogP contribution in [0.2, 0.25) is 0 Å². The van der Waals surface area contributed by atoms with Crippen molar-refractivity contribution in [2.45, 2.75) is 19.0 Å². The van der Waals surface area contributed by atoms with Crippen LogP contribution in [0.4, 0.5) is 5.82 Å². The quantitative estimate of drug-likeness (QED) is 0.765. The molecule has 4 nitrogen and oxygen atoms in total. The van der Waals surface area contributed by atoms with Gasteiger partial charge in [-0.05, 0) is 24.1 Å². The SMILES string of the molecule is O=C1Nc2nc3ccccc3cc2CN[C@H]1Cc1ccccc1. The number of carbonyl (C=O) groups excluding carboxylic acids is 1. The number of hydrogen-bond donors (Lipinski definition) is 2. The number of nitrogens with zero attached hydrogens (tertiary/aromatic N) is 1. The predicted molar refractivity (Wildman–Crippen MR) is 91.1 cm³/mol. The topological polar surface area (TPSA) is 54.0 Å². The van der Waals surface area contributed by atoms with E-state index in [0.29, 0.717) is 18.8 Å². The molecular weight excluding hydrogens is 286 g/mol. The molecule has 0 aliphatic carbocycles. The van der Waals surface area contributed by atoms with Crippen LogP contribution in [-0.4, -0.2) is 16.9 Å². The molecule has 4 rings (SSSR count). The van der Waals surface area contributed by atoms with E-state index in [4.69, 9.17) is 0 Å². The number of benzene rings is 2. The van der Waals surface area contributed by atoms with Gasteiger partial charge in [-0.3, -0.25) is 4.79 Å². The zero-order valence-electron chi connectivity index (χ0n) is 12.6. The van der Waals surface area contributed by atoms with Gasteiger partial charge >= 0.3 is 0 Å². The average Bonchev–Trinajstić information content (AvgIpc) is 2.73. The second kappa shape index (κ2) is 5.82. The van der Waals surface area contributed by atoms with Crippen LogP contribution in [0, 0.1) is 0 Å². The van der Waals surface area contributed by atoms with Crippen molar-refractivity contribution in [2.24, 2.45) is 0 Å². The number of nitrogens with one attached hydrogen (secondary N) is 2. The molecule has 1 amide bonds. The Morgan fingerprint density at radius 1 is 1.04 bits per heavy atom. The number of rotatable bonds is 2. The zero-order chi connectivity index (χ0) is 15.6. The summed E-state index contributed by atoms with van der Waals surface area (Å²) in [4.78, 5) is 17.1. The molecule has 2 aromatic carbocycles. The van der Waals surface area contributed by atoms with Crippen LogP contribution in [-0.2, 0) is 17.8 Å². The summed E-state index contributed by atoms with van der Waals surface area (Å²) in [6.07, 6.45) is 0.667. The number of amides is 1. The summed E-state index contributed by atoms with van der Waals surface area (Å²) in [6, 6.07) is 19.8. The van der Waals surface area contributed by atoms with E-state index in [1.807, 2.05) is 54.6 Å². The van der Waals surface area contributed by atoms with Gasteiger partial charge < -0.3 is 10.6 Å². The van der Waals surface area contributed by atoms with Crippen molar-refractivity contribution in [3.63, 3.8) is 0 Å². The van der Waals surface area contributed by atoms with Gasteiger partial charge in [0.25, 0.3) is 0 Å². The van der Waals surface area contributed by atoms with Crippen LogP contribution in [0.1, 0.15) is 11.1 Å². The maximum atomic E-state index is 12.5. The molecule has 0 radical (unpaired) electrons. The van der Waals surface area contributed by atoms with E-state index >= 15 is 0 Å². The molecule has 0 unspecified atom stereocenters. The van der Waals surface area contributed by atoms with Crippen molar-refractivity contribution in [3.05, 3.63) is 71.8 Å². The van der Waals surface area contributed by atoms with Crippen molar-refractivity contribution in [2.75, 3.05) is 5.32 Å². The zero-order valence-corrected chi connectivity index (χ0v) is 12.6. The minimum atomic E-state index is -0.255. The van der Waals surface area contributed by atoms with E-state index < -0.39 is 0 Å². The van der Waals surface area contributed by atoms with Gasteiger partial charge in [0.15, 0.2) is 0 Å². The molecule has 0 spiro atoms. The molecule has 1 atom stereocenters. The Balaban J connectivity index is 1.62. The van der Waals surface area contributed by atoms with Crippen molar-refractivity contribution < 1.29 is 4.79 Å². The first-order valence-corrected chi connectivity index (χ1v) is 7.76. The third-order valence-corrected chi connectivity index (χ3v) is 4.18. The van der Waals surface area contributed by atoms with E-state index in [0.717, 1.165) is 22.0 Å². The number of para-hydroxylation sites is 1. The first kappa shape index (κ1) is 13.9. The maximum absolute atomic E-state index is 12.5. The average molecular weight is 303 g/mol. The molecular formula is C19H17N3O. The Hall–Kier alpha value is -2.72. The fourth-order valence-electron chi connectivity index (χ4n) is 2.95. The molecule has 0 saturated carbocycles. The molecule has 1 aliphatic rings. The predicted octanol–water partition coefficient (Wildman–Crippen LogP) is 2.89. The molecule has 4 heteroatoms. The van der Waals surface area contributed by atoms with E-state index in [2.05, 4.69) is 21.7 Å². The standard InChI is InChI=1S/C19H17N3O/c23-19-17(10-13-6-2-1-3-7-13)20-12-15-11-14-8-4-5-9-16(14)21-18(15)22-19/h1-9,11,17,20H,10,12H2,(H,21,22,23)/t17-/m0/s1. The number of carbonyl (C=O) groups is 1. The highest BCUT2D eigenvalue weighted by Crippen LogP contribution is 2.22. The van der Waals surface area contributed by atoms with Crippen LogP contribution >= 0.6 is 0 Å². The molecule has 0 saturated heterocycles. The van der Waals surface area contributed by atoms with E-state index in [1.54, 1.807) is 0 Å². The number of pyridine rings is 1. The minimum Gasteiger partial charge on any atom is -0.309 e. The molecule has 0 fully saturated rings. The lowest BCUT2D eigenvalue weighted by Gasteiger charge is -2.14. The number of aromatic nitrogens is 1. The third-order valence-electron chi connectivity index (χ3n) is 4.18. The van der Waals surface area contributed by atoms with Crippen molar-refractivity contribution >= 4 is 22.6 Å². The first-order chi connectivity index (χ1) is 11.3. The summed E-state index contributed by atoms with van der Waals surface area (Å²) in [7, 11) is 0. The highest BCUT2D eigenvalue weighted by molar-refractivity contribution is 5.97. The highest BCUT2D eigenvalue weighted by atomic mass is 16.2. The van der Waals surface area contributed by atoms with Gasteiger partial charge in [-0.25, -0.2) is 4.98 Å². The van der Waals surface area contributed by atoms with Gasteiger partial charge in [0, 0.05) is 17.5 Å². The van der Waals surface area contributed by atoms with Crippen molar-refractivity contribution in [1.82, 2.24) is 10.3 Å². The van der Waals surface area contributed by atoms with Gasteiger partial charge in [0.05, 0.1) is 11.6 Å². The molecule has 23 heavy (non-hydrogen) atoms. The monoisotopic (exact) mass is 303 g/mol. The normalized spacial score (nSPS) is 17.4. The van der Waals surface area contributed by atoms with Crippen LogP contribution < -0.4 is 10.6 Å². The van der Waals surface area contributed by atoms with Crippen molar-refractivity contribution in [3.8, 4) is 0 Å². The Morgan fingerprint density at radius 3 is 2.70 bits per heavy atom. The largest absolute Gasteiger partial charge is 0.309 e. The van der Waals surface area contributed by atoms with Gasteiger partial charge in [-0.1, -0.05) is 48.5 Å². The summed E-state index contributed by atoms with van der Waals surface area (Å²) in [5.74, 6) is 0.632. The smallest absolute Gasteiger partial charge is 0.243 e. The number of hydrogen-bond acceptors (Lipinski definition) is 3. The van der Waals surface area contributed by atoms with Gasteiger partial charge in [-0.15, -0.1) is 0 Å². The molecule has 1 aliphatic heterocycles. The first-order valence-electron chi connectivity index (χ1n) is 7.76. The molecule has 2 N–H and O–H groups in total. The minimum absolute atomic E-state index is 0.0321. The van der Waals surface area contributed by atoms with Crippen LogP contribution in [0.5, 0.6) is 0 Å². The number of fused-ring (bicyclic) bond motifs is 2. The second-order valence-electron chi connectivity index (χ2n) is 5.80. The molecule has 2 heterocycles. The summed E-state index contributed by atoms with van der Waals surface area (Å²) in [5, 5.41) is 7.41. The lowest BCUT2D eigenvalue weighted by molar-refractivity contribution is -0.118. The Bertz CT molecular complexity index is 861. The van der Waals surface area contributed by atoms with Crippen molar-refractivity contribution in [1.29, 1.82) is 0 Å².